The molecule has 0 unspecified atom stereocenters. The smallest absolute Gasteiger partial charge is 0.326 e. The van der Waals surface area contributed by atoms with E-state index in [-0.39, 0.29) is 5.91 Å². The first-order valence-corrected chi connectivity index (χ1v) is 8.28. The zero-order valence-electron chi connectivity index (χ0n) is 12.0. The van der Waals surface area contributed by atoms with Gasteiger partial charge in [-0.1, -0.05) is 24.3 Å². The maximum Gasteiger partial charge on any atom is 0.326 e. The lowest BCUT2D eigenvalue weighted by Crippen LogP contribution is -2.53. The summed E-state index contributed by atoms with van der Waals surface area (Å²) in [6.45, 7) is 0.318. The number of fused-ring (bicyclic) bond motifs is 1. The molecule has 114 valence electrons. The van der Waals surface area contributed by atoms with E-state index in [0.29, 0.717) is 19.4 Å². The van der Waals surface area contributed by atoms with Crippen LogP contribution in [0.5, 0.6) is 0 Å². The fourth-order valence-corrected chi connectivity index (χ4v) is 3.05. The van der Waals surface area contributed by atoms with Crippen molar-refractivity contribution in [1.29, 1.82) is 0 Å². The first kappa shape index (κ1) is 15.9. The molecule has 3 N–H and O–H groups in total. The van der Waals surface area contributed by atoms with Gasteiger partial charge in [0.25, 0.3) is 0 Å². The van der Waals surface area contributed by atoms with E-state index in [1.807, 2.05) is 30.5 Å². The first-order chi connectivity index (χ1) is 10.0. The Bertz CT molecular complexity index is 535. The van der Waals surface area contributed by atoms with E-state index in [9.17, 15) is 14.7 Å². The maximum atomic E-state index is 12.5. The van der Waals surface area contributed by atoms with E-state index in [2.05, 4.69) is 0 Å². The molecule has 0 bridgehead atoms. The molecule has 1 amide bonds. The number of rotatable bonds is 5. The maximum absolute atomic E-state index is 12.5. The van der Waals surface area contributed by atoms with E-state index in [0.717, 1.165) is 16.9 Å². The molecule has 2 rings (SSSR count). The van der Waals surface area contributed by atoms with Gasteiger partial charge in [-0.15, -0.1) is 0 Å². The minimum Gasteiger partial charge on any atom is -0.480 e. The molecule has 1 aromatic rings. The number of carboxylic acid groups (broad SMARTS) is 1. The molecule has 0 saturated heterocycles. The van der Waals surface area contributed by atoms with Gasteiger partial charge >= 0.3 is 5.97 Å². The van der Waals surface area contributed by atoms with E-state index in [1.165, 1.54) is 4.90 Å². The normalized spacial score (nSPS) is 19.0. The summed E-state index contributed by atoms with van der Waals surface area (Å²) >= 11 is 1.62. The molecular formula is C15H20N2O3S. The van der Waals surface area contributed by atoms with Crippen LogP contribution in [0.15, 0.2) is 24.3 Å². The van der Waals surface area contributed by atoms with E-state index < -0.39 is 18.1 Å². The molecule has 1 aromatic carbocycles. The predicted octanol–water partition coefficient (Wildman–Crippen LogP) is 1.10. The van der Waals surface area contributed by atoms with Crippen molar-refractivity contribution in [3.05, 3.63) is 35.4 Å². The lowest BCUT2D eigenvalue weighted by molar-refractivity contribution is -0.152. The lowest BCUT2D eigenvalue weighted by Gasteiger charge is -2.35. The summed E-state index contributed by atoms with van der Waals surface area (Å²) < 4.78 is 0. The Kier molecular flexibility index (Phi) is 5.25. The number of benzene rings is 1. The minimum atomic E-state index is -0.977. The fraction of sp³-hybridized carbons (Fsp3) is 0.467. The Hall–Kier alpha value is -1.53. The molecule has 1 aliphatic rings. The number of thioether (sulfide) groups is 1. The fourth-order valence-electron chi connectivity index (χ4n) is 2.56. The van der Waals surface area contributed by atoms with Crippen LogP contribution in [0.1, 0.15) is 17.5 Å². The van der Waals surface area contributed by atoms with Crippen LogP contribution in [-0.4, -0.2) is 46.0 Å². The average Bonchev–Trinajstić information content (AvgIpc) is 2.50. The van der Waals surface area contributed by atoms with Crippen molar-refractivity contribution < 1.29 is 14.7 Å². The van der Waals surface area contributed by atoms with Crippen LogP contribution in [0.3, 0.4) is 0 Å². The highest BCUT2D eigenvalue weighted by atomic mass is 32.2. The highest BCUT2D eigenvalue weighted by Gasteiger charge is 2.36. The van der Waals surface area contributed by atoms with Crippen molar-refractivity contribution in [3.63, 3.8) is 0 Å². The van der Waals surface area contributed by atoms with Gasteiger partial charge in [-0.05, 0) is 29.6 Å². The Labute approximate surface area is 128 Å². The van der Waals surface area contributed by atoms with Gasteiger partial charge in [0.1, 0.15) is 6.04 Å². The molecule has 0 spiro atoms. The SMILES string of the molecule is CSCC[C@@H](N)C(=O)N1Cc2ccccc2C[C@@H]1C(=O)O. The van der Waals surface area contributed by atoms with E-state index in [4.69, 9.17) is 5.73 Å². The van der Waals surface area contributed by atoms with Crippen molar-refractivity contribution in [2.75, 3.05) is 12.0 Å². The van der Waals surface area contributed by atoms with Crippen molar-refractivity contribution >= 4 is 23.6 Å². The van der Waals surface area contributed by atoms with Crippen molar-refractivity contribution in [1.82, 2.24) is 4.90 Å². The molecule has 1 aliphatic heterocycles. The second-order valence-electron chi connectivity index (χ2n) is 5.18. The summed E-state index contributed by atoms with van der Waals surface area (Å²) in [6.07, 6.45) is 2.85. The molecule has 2 atom stereocenters. The molecule has 21 heavy (non-hydrogen) atoms. The van der Waals surface area contributed by atoms with Crippen molar-refractivity contribution in [3.8, 4) is 0 Å². The van der Waals surface area contributed by atoms with Gasteiger partial charge in [0.05, 0.1) is 6.04 Å². The van der Waals surface area contributed by atoms with Crippen LogP contribution in [0.4, 0.5) is 0 Å². The number of aliphatic carboxylic acids is 1. The number of hydrogen-bond donors (Lipinski definition) is 2. The number of carbonyl (C=O) groups excluding carboxylic acids is 1. The monoisotopic (exact) mass is 308 g/mol. The Morgan fingerprint density at radius 2 is 2.10 bits per heavy atom. The first-order valence-electron chi connectivity index (χ1n) is 6.89. The van der Waals surface area contributed by atoms with E-state index in [1.54, 1.807) is 11.8 Å². The molecule has 0 aliphatic carbocycles. The summed E-state index contributed by atoms with van der Waals surface area (Å²) in [7, 11) is 0. The third-order valence-corrected chi connectivity index (χ3v) is 4.41. The third-order valence-electron chi connectivity index (χ3n) is 3.77. The largest absolute Gasteiger partial charge is 0.480 e. The quantitative estimate of drug-likeness (QED) is 0.851. The number of nitrogens with zero attached hydrogens (tertiary/aromatic N) is 1. The van der Waals surface area contributed by atoms with Crippen molar-refractivity contribution in [2.45, 2.75) is 31.5 Å². The molecule has 0 radical (unpaired) electrons. The summed E-state index contributed by atoms with van der Waals surface area (Å²) in [5.41, 5.74) is 7.91. The molecule has 6 heteroatoms. The molecule has 0 aromatic heterocycles. The number of carbonyl (C=O) groups is 2. The number of hydrogen-bond acceptors (Lipinski definition) is 4. The Balaban J connectivity index is 2.20. The number of nitrogens with two attached hydrogens (primary N) is 1. The summed E-state index contributed by atoms with van der Waals surface area (Å²) in [5.74, 6) is -0.462. The summed E-state index contributed by atoms with van der Waals surface area (Å²) in [6, 6.07) is 6.18. The average molecular weight is 308 g/mol. The van der Waals surface area contributed by atoms with Crippen LogP contribution in [-0.2, 0) is 22.6 Å². The topological polar surface area (TPSA) is 83.6 Å². The van der Waals surface area contributed by atoms with Gasteiger partial charge in [-0.3, -0.25) is 4.79 Å². The second-order valence-corrected chi connectivity index (χ2v) is 6.17. The van der Waals surface area contributed by atoms with Gasteiger partial charge in [-0.2, -0.15) is 11.8 Å². The van der Waals surface area contributed by atoms with Crippen molar-refractivity contribution in [2.24, 2.45) is 5.73 Å². The Morgan fingerprint density at radius 1 is 1.43 bits per heavy atom. The van der Waals surface area contributed by atoms with Gasteiger partial charge in [0.15, 0.2) is 0 Å². The molecular weight excluding hydrogens is 288 g/mol. The van der Waals surface area contributed by atoms with Gasteiger partial charge in [0, 0.05) is 13.0 Å². The zero-order valence-corrected chi connectivity index (χ0v) is 12.8. The van der Waals surface area contributed by atoms with Crippen LogP contribution in [0.25, 0.3) is 0 Å². The summed E-state index contributed by atoms with van der Waals surface area (Å²) in [4.78, 5) is 25.3. The lowest BCUT2D eigenvalue weighted by atomic mass is 9.93. The van der Waals surface area contributed by atoms with Gasteiger partial charge in [0.2, 0.25) is 5.91 Å². The van der Waals surface area contributed by atoms with E-state index >= 15 is 0 Å². The highest BCUT2D eigenvalue weighted by molar-refractivity contribution is 7.98. The molecule has 1 heterocycles. The second kappa shape index (κ2) is 6.95. The van der Waals surface area contributed by atoms with Crippen LogP contribution >= 0.6 is 11.8 Å². The molecule has 5 nitrogen and oxygen atoms in total. The van der Waals surface area contributed by atoms with Crippen LogP contribution < -0.4 is 5.73 Å². The van der Waals surface area contributed by atoms with Gasteiger partial charge < -0.3 is 15.7 Å². The zero-order chi connectivity index (χ0) is 15.4. The number of amides is 1. The third kappa shape index (κ3) is 3.57. The molecule has 0 saturated carbocycles. The van der Waals surface area contributed by atoms with Gasteiger partial charge in [-0.25, -0.2) is 4.79 Å². The van der Waals surface area contributed by atoms with Crippen LogP contribution in [0.2, 0.25) is 0 Å². The standard InChI is InChI=1S/C15H20N2O3S/c1-21-7-6-12(16)14(18)17-9-11-5-3-2-4-10(11)8-13(17)15(19)20/h2-5,12-13H,6-9,16H2,1H3,(H,19,20)/t12-,13-/m1/s1. The Morgan fingerprint density at radius 3 is 2.71 bits per heavy atom. The molecule has 0 fully saturated rings. The highest BCUT2D eigenvalue weighted by Crippen LogP contribution is 2.24. The predicted molar refractivity (Wildman–Crippen MR) is 83.1 cm³/mol. The van der Waals surface area contributed by atoms with Crippen LogP contribution in [0, 0.1) is 0 Å². The minimum absolute atomic E-state index is 0.272. The number of carboxylic acids is 1. The summed E-state index contributed by atoms with van der Waals surface area (Å²) in [5, 5.41) is 9.40.